The number of carbonyl (C=O) groups excluding carboxylic acids is 1. The molecule has 4 aromatic rings. The summed E-state index contributed by atoms with van der Waals surface area (Å²) in [6, 6.07) is 18.3. The van der Waals surface area contributed by atoms with Crippen molar-refractivity contribution in [3.8, 4) is 0 Å². The van der Waals surface area contributed by atoms with Gasteiger partial charge in [0.1, 0.15) is 11.6 Å². The first-order valence-electron chi connectivity index (χ1n) is 9.02. The molecule has 5 rings (SSSR count). The molecular formula is C21H18N4OS. The minimum atomic E-state index is -0.368. The van der Waals surface area contributed by atoms with E-state index in [4.69, 9.17) is 0 Å². The van der Waals surface area contributed by atoms with Gasteiger partial charge in [0, 0.05) is 28.7 Å². The molecule has 1 aliphatic rings. The van der Waals surface area contributed by atoms with Gasteiger partial charge in [-0.05, 0) is 24.5 Å². The van der Waals surface area contributed by atoms with Crippen molar-refractivity contribution < 1.29 is 4.79 Å². The zero-order valence-corrected chi connectivity index (χ0v) is 15.4. The normalized spacial score (nSPS) is 15.1. The van der Waals surface area contributed by atoms with Crippen molar-refractivity contribution in [2.24, 2.45) is 0 Å². The Balaban J connectivity index is 1.55. The zero-order valence-electron chi connectivity index (χ0n) is 14.6. The van der Waals surface area contributed by atoms with Crippen molar-refractivity contribution >= 4 is 28.4 Å². The van der Waals surface area contributed by atoms with Crippen LogP contribution in [0.4, 0.5) is 0 Å². The quantitative estimate of drug-likeness (QED) is 0.388. The lowest BCUT2D eigenvalue weighted by Crippen LogP contribution is -2.11. The van der Waals surface area contributed by atoms with Crippen molar-refractivity contribution in [3.05, 3.63) is 78.2 Å². The number of Topliss-reactive ketones (excluding diaryl/α,β-unsaturated/α-hetero) is 1. The summed E-state index contributed by atoms with van der Waals surface area (Å²) in [6.07, 6.45) is 5.89. The molecule has 2 heterocycles. The highest BCUT2D eigenvalue weighted by atomic mass is 32.2. The molecule has 1 fully saturated rings. The smallest absolute Gasteiger partial charge is 0.192 e. The van der Waals surface area contributed by atoms with Crippen LogP contribution >= 0.6 is 11.8 Å². The summed E-state index contributed by atoms with van der Waals surface area (Å²) in [7, 11) is 0. The molecule has 1 N–H and O–H groups in total. The lowest BCUT2D eigenvalue weighted by molar-refractivity contribution is 0.0991. The van der Waals surface area contributed by atoms with Crippen molar-refractivity contribution in [2.75, 3.05) is 0 Å². The van der Waals surface area contributed by atoms with E-state index in [0.29, 0.717) is 11.6 Å². The molecule has 1 aliphatic carbocycles. The molecule has 134 valence electrons. The van der Waals surface area contributed by atoms with Crippen LogP contribution in [0.3, 0.4) is 0 Å². The molecule has 2 aromatic heterocycles. The van der Waals surface area contributed by atoms with Crippen molar-refractivity contribution in [2.45, 2.75) is 29.3 Å². The van der Waals surface area contributed by atoms with Gasteiger partial charge in [-0.3, -0.25) is 4.79 Å². The Morgan fingerprint density at radius 3 is 2.70 bits per heavy atom. The second-order valence-electron chi connectivity index (χ2n) is 6.77. The Morgan fingerprint density at radius 2 is 1.89 bits per heavy atom. The lowest BCUT2D eigenvalue weighted by atomic mass is 10.0. The number of aromatic amines is 1. The van der Waals surface area contributed by atoms with Crippen molar-refractivity contribution in [1.82, 2.24) is 19.7 Å². The molecule has 0 bridgehead atoms. The fraction of sp³-hybridized carbons (Fsp3) is 0.190. The fourth-order valence-electron chi connectivity index (χ4n) is 3.34. The molecule has 0 saturated heterocycles. The SMILES string of the molecule is O=C(c1c[nH]c2ccccc12)C(Sc1nncn1C1CC1)c1ccccc1. The highest BCUT2D eigenvalue weighted by molar-refractivity contribution is 8.00. The molecule has 2 aromatic carbocycles. The Kier molecular flexibility index (Phi) is 4.05. The number of nitrogens with zero attached hydrogens (tertiary/aromatic N) is 3. The maximum atomic E-state index is 13.5. The number of ketones is 1. The number of H-pyrrole nitrogens is 1. The number of benzene rings is 2. The van der Waals surface area contributed by atoms with Crippen molar-refractivity contribution in [1.29, 1.82) is 0 Å². The summed E-state index contributed by atoms with van der Waals surface area (Å²) < 4.78 is 2.10. The van der Waals surface area contributed by atoms with E-state index in [2.05, 4.69) is 19.7 Å². The van der Waals surface area contributed by atoms with E-state index in [9.17, 15) is 4.79 Å². The predicted octanol–water partition coefficient (Wildman–Crippen LogP) is 4.81. The first-order chi connectivity index (χ1) is 13.3. The van der Waals surface area contributed by atoms with Crippen LogP contribution in [-0.2, 0) is 0 Å². The number of hydrogen-bond donors (Lipinski definition) is 1. The minimum absolute atomic E-state index is 0.0778. The average molecular weight is 374 g/mol. The monoisotopic (exact) mass is 374 g/mol. The number of carbonyl (C=O) groups is 1. The summed E-state index contributed by atoms with van der Waals surface area (Å²) in [5.41, 5.74) is 2.66. The lowest BCUT2D eigenvalue weighted by Gasteiger charge is -2.16. The first-order valence-corrected chi connectivity index (χ1v) is 9.90. The largest absolute Gasteiger partial charge is 0.360 e. The van der Waals surface area contributed by atoms with Gasteiger partial charge in [-0.25, -0.2) is 0 Å². The summed E-state index contributed by atoms with van der Waals surface area (Å²) >= 11 is 1.48. The molecule has 27 heavy (non-hydrogen) atoms. The van der Waals surface area contributed by atoms with Crippen LogP contribution < -0.4 is 0 Å². The highest BCUT2D eigenvalue weighted by Gasteiger charge is 2.31. The Labute approximate surface area is 160 Å². The van der Waals surface area contributed by atoms with E-state index in [-0.39, 0.29) is 11.0 Å². The van der Waals surface area contributed by atoms with E-state index >= 15 is 0 Å². The molecular weight excluding hydrogens is 356 g/mol. The molecule has 0 spiro atoms. The van der Waals surface area contributed by atoms with Gasteiger partial charge in [0.15, 0.2) is 10.9 Å². The molecule has 1 saturated carbocycles. The van der Waals surface area contributed by atoms with Gasteiger partial charge in [-0.1, -0.05) is 60.3 Å². The summed E-state index contributed by atoms with van der Waals surface area (Å²) in [5, 5.41) is 9.75. The predicted molar refractivity (Wildman–Crippen MR) is 106 cm³/mol. The first kappa shape index (κ1) is 16.3. The summed E-state index contributed by atoms with van der Waals surface area (Å²) in [5.74, 6) is 0.0778. The van der Waals surface area contributed by atoms with Crippen LogP contribution in [0.15, 0.2) is 72.3 Å². The van der Waals surface area contributed by atoms with Gasteiger partial charge in [-0.2, -0.15) is 0 Å². The third kappa shape index (κ3) is 3.06. The number of fused-ring (bicyclic) bond motifs is 1. The standard InChI is InChI=1S/C21H18N4OS/c26-19(17-12-22-18-9-5-4-8-16(17)18)20(14-6-2-1-3-7-14)27-21-24-23-13-25(21)15-10-11-15/h1-9,12-13,15,20,22H,10-11H2. The number of rotatable bonds is 6. The van der Waals surface area contributed by atoms with E-state index in [1.165, 1.54) is 11.8 Å². The minimum Gasteiger partial charge on any atom is -0.360 e. The van der Waals surface area contributed by atoms with Crippen LogP contribution in [0, 0.1) is 0 Å². The highest BCUT2D eigenvalue weighted by Crippen LogP contribution is 2.42. The fourth-order valence-corrected chi connectivity index (χ4v) is 4.49. The molecule has 0 aliphatic heterocycles. The second kappa shape index (κ2) is 6.70. The number of aromatic nitrogens is 4. The molecule has 5 nitrogen and oxygen atoms in total. The molecule has 1 atom stereocenters. The van der Waals surface area contributed by atoms with Crippen LogP contribution in [0.5, 0.6) is 0 Å². The van der Waals surface area contributed by atoms with E-state index < -0.39 is 0 Å². The number of thioether (sulfide) groups is 1. The maximum absolute atomic E-state index is 13.5. The molecule has 0 radical (unpaired) electrons. The van der Waals surface area contributed by atoms with Gasteiger partial charge < -0.3 is 9.55 Å². The second-order valence-corrected chi connectivity index (χ2v) is 7.84. The summed E-state index contributed by atoms with van der Waals surface area (Å²) in [6.45, 7) is 0. The van der Waals surface area contributed by atoms with Crippen LogP contribution in [-0.4, -0.2) is 25.5 Å². The van der Waals surface area contributed by atoms with Gasteiger partial charge in [-0.15, -0.1) is 10.2 Å². The summed E-state index contributed by atoms with van der Waals surface area (Å²) in [4.78, 5) is 16.8. The topological polar surface area (TPSA) is 63.6 Å². The van der Waals surface area contributed by atoms with Crippen LogP contribution in [0.25, 0.3) is 10.9 Å². The molecule has 1 unspecified atom stereocenters. The van der Waals surface area contributed by atoms with Crippen molar-refractivity contribution in [3.63, 3.8) is 0 Å². The van der Waals surface area contributed by atoms with Gasteiger partial charge in [0.05, 0.1) is 0 Å². The van der Waals surface area contributed by atoms with Gasteiger partial charge in [0.2, 0.25) is 0 Å². The zero-order chi connectivity index (χ0) is 18.2. The third-order valence-corrected chi connectivity index (χ3v) is 6.12. The maximum Gasteiger partial charge on any atom is 0.192 e. The van der Waals surface area contributed by atoms with E-state index in [1.807, 2.05) is 60.8 Å². The third-order valence-electron chi connectivity index (χ3n) is 4.90. The van der Waals surface area contributed by atoms with E-state index in [0.717, 1.165) is 34.5 Å². The Bertz CT molecular complexity index is 1100. The Hall–Kier alpha value is -2.86. The van der Waals surface area contributed by atoms with Crippen LogP contribution in [0.1, 0.15) is 40.1 Å². The average Bonchev–Trinajstić information content (AvgIpc) is 3.29. The van der Waals surface area contributed by atoms with E-state index in [1.54, 1.807) is 6.33 Å². The Morgan fingerprint density at radius 1 is 1.11 bits per heavy atom. The van der Waals surface area contributed by atoms with Crippen LogP contribution in [0.2, 0.25) is 0 Å². The number of hydrogen-bond acceptors (Lipinski definition) is 4. The molecule has 0 amide bonds. The molecule has 6 heteroatoms. The number of nitrogens with one attached hydrogen (secondary N) is 1. The van der Waals surface area contributed by atoms with Gasteiger partial charge in [0.25, 0.3) is 0 Å². The number of para-hydroxylation sites is 1. The van der Waals surface area contributed by atoms with Gasteiger partial charge >= 0.3 is 0 Å².